The molecule has 0 radical (unpaired) electrons. The zero-order valence-electron chi connectivity index (χ0n) is 14.2. The van der Waals surface area contributed by atoms with E-state index in [9.17, 15) is 0 Å². The van der Waals surface area contributed by atoms with Crippen LogP contribution in [0.1, 0.15) is 43.0 Å². The lowest BCUT2D eigenvalue weighted by Crippen LogP contribution is -2.38. The summed E-state index contributed by atoms with van der Waals surface area (Å²) in [6.07, 6.45) is 0.986. The molecule has 4 nitrogen and oxygen atoms in total. The first-order chi connectivity index (χ1) is 11.2. The van der Waals surface area contributed by atoms with Gasteiger partial charge in [-0.05, 0) is 24.8 Å². The van der Waals surface area contributed by atoms with Crippen LogP contribution in [0.4, 0.5) is 0 Å². The second kappa shape index (κ2) is 9.30. The van der Waals surface area contributed by atoms with E-state index in [2.05, 4.69) is 71.0 Å². The monoisotopic (exact) mass is 330 g/mol. The van der Waals surface area contributed by atoms with Crippen molar-refractivity contribution in [3.8, 4) is 0 Å². The van der Waals surface area contributed by atoms with Crippen molar-refractivity contribution in [2.75, 3.05) is 13.1 Å². The number of aliphatic imine (C=N–C) groups is 1. The average molecular weight is 331 g/mol. The number of nitrogens with one attached hydrogen (secondary N) is 2. The van der Waals surface area contributed by atoms with Crippen molar-refractivity contribution in [3.05, 3.63) is 52.0 Å². The van der Waals surface area contributed by atoms with Crippen LogP contribution in [0, 0.1) is 0 Å². The van der Waals surface area contributed by atoms with Crippen molar-refractivity contribution in [3.63, 3.8) is 0 Å². The summed E-state index contributed by atoms with van der Waals surface area (Å²) in [6.45, 7) is 8.75. The van der Waals surface area contributed by atoms with Gasteiger partial charge in [-0.3, -0.25) is 0 Å². The summed E-state index contributed by atoms with van der Waals surface area (Å²) in [5.74, 6) is 1.32. The maximum absolute atomic E-state index is 4.63. The van der Waals surface area contributed by atoms with E-state index in [1.807, 2.05) is 6.07 Å². The third-order valence-electron chi connectivity index (χ3n) is 3.43. The predicted molar refractivity (Wildman–Crippen MR) is 99.2 cm³/mol. The summed E-state index contributed by atoms with van der Waals surface area (Å²) in [7, 11) is 0. The Balaban J connectivity index is 1.86. The molecule has 0 spiro atoms. The Labute approximate surface area is 143 Å². The van der Waals surface area contributed by atoms with Crippen molar-refractivity contribution in [2.24, 2.45) is 4.99 Å². The number of hydrogen-bond acceptors (Lipinski definition) is 3. The van der Waals surface area contributed by atoms with Gasteiger partial charge in [-0.15, -0.1) is 11.3 Å². The summed E-state index contributed by atoms with van der Waals surface area (Å²) in [5.41, 5.74) is 2.49. The largest absolute Gasteiger partial charge is 0.357 e. The van der Waals surface area contributed by atoms with Gasteiger partial charge in [0.25, 0.3) is 0 Å². The van der Waals surface area contributed by atoms with Crippen molar-refractivity contribution in [1.29, 1.82) is 0 Å². The number of rotatable bonds is 7. The van der Waals surface area contributed by atoms with Crippen molar-refractivity contribution < 1.29 is 0 Å². The molecule has 5 heteroatoms. The molecule has 0 saturated heterocycles. The Morgan fingerprint density at radius 3 is 2.65 bits per heavy atom. The molecule has 1 aromatic carbocycles. The molecule has 0 aliphatic carbocycles. The second-order valence-corrected chi connectivity index (χ2v) is 6.62. The highest BCUT2D eigenvalue weighted by molar-refractivity contribution is 7.09. The first-order valence-electron chi connectivity index (χ1n) is 8.19. The highest BCUT2D eigenvalue weighted by Gasteiger charge is 2.05. The molecule has 1 heterocycles. The van der Waals surface area contributed by atoms with Gasteiger partial charge in [0.1, 0.15) is 5.01 Å². The van der Waals surface area contributed by atoms with Crippen molar-refractivity contribution >= 4 is 17.3 Å². The Hall–Kier alpha value is -1.88. The van der Waals surface area contributed by atoms with E-state index in [1.54, 1.807) is 11.3 Å². The maximum atomic E-state index is 4.63. The van der Waals surface area contributed by atoms with E-state index in [0.29, 0.717) is 12.5 Å². The molecular formula is C18H26N4S. The number of hydrogen-bond donors (Lipinski definition) is 2. The molecule has 0 fully saturated rings. The molecule has 2 N–H and O–H groups in total. The highest BCUT2D eigenvalue weighted by Crippen LogP contribution is 2.18. The maximum Gasteiger partial charge on any atom is 0.191 e. The van der Waals surface area contributed by atoms with Crippen LogP contribution >= 0.6 is 11.3 Å². The number of nitrogens with zero attached hydrogens (tertiary/aromatic N) is 2. The van der Waals surface area contributed by atoms with E-state index in [-0.39, 0.29) is 0 Å². The summed E-state index contributed by atoms with van der Waals surface area (Å²) in [6, 6.07) is 10.5. The normalized spacial score (nSPS) is 11.7. The first kappa shape index (κ1) is 17.5. The molecule has 0 unspecified atom stereocenters. The lowest BCUT2D eigenvalue weighted by Gasteiger charge is -2.11. The zero-order valence-corrected chi connectivity index (χ0v) is 15.0. The lowest BCUT2D eigenvalue weighted by molar-refractivity contribution is 0.793. The third kappa shape index (κ3) is 6.02. The fraction of sp³-hybridized carbons (Fsp3) is 0.444. The van der Waals surface area contributed by atoms with Gasteiger partial charge >= 0.3 is 0 Å². The van der Waals surface area contributed by atoms with Crippen LogP contribution in [-0.2, 0) is 13.0 Å². The van der Waals surface area contributed by atoms with Gasteiger partial charge in [0.05, 0.1) is 12.2 Å². The highest BCUT2D eigenvalue weighted by atomic mass is 32.1. The quantitative estimate of drug-likeness (QED) is 0.603. The van der Waals surface area contributed by atoms with Gasteiger partial charge in [-0.1, -0.05) is 44.2 Å². The molecule has 0 aliphatic rings. The predicted octanol–water partition coefficient (Wildman–Crippen LogP) is 3.56. The average Bonchev–Trinajstić information content (AvgIpc) is 3.03. The first-order valence-corrected chi connectivity index (χ1v) is 9.07. The molecule has 0 saturated carbocycles. The van der Waals surface area contributed by atoms with Crippen LogP contribution in [0.25, 0.3) is 0 Å². The van der Waals surface area contributed by atoms with Crippen LogP contribution in [0.3, 0.4) is 0 Å². The van der Waals surface area contributed by atoms with Gasteiger partial charge in [0.2, 0.25) is 0 Å². The van der Waals surface area contributed by atoms with E-state index >= 15 is 0 Å². The van der Waals surface area contributed by atoms with Crippen LogP contribution in [0.2, 0.25) is 0 Å². The third-order valence-corrected chi connectivity index (χ3v) is 4.28. The van der Waals surface area contributed by atoms with E-state index in [4.69, 9.17) is 0 Å². The van der Waals surface area contributed by atoms with E-state index in [1.165, 1.54) is 5.56 Å². The van der Waals surface area contributed by atoms with Gasteiger partial charge in [0, 0.05) is 18.5 Å². The standard InChI is InChI=1S/C18H26N4S/c1-4-19-18(20-11-10-15-8-6-5-7-9-15)21-12-17-22-16(13-23-17)14(2)3/h5-9,13-14H,4,10-12H2,1-3H3,(H2,19,20,21). The molecule has 0 amide bonds. The molecule has 0 bridgehead atoms. The van der Waals surface area contributed by atoms with Crippen LogP contribution in [0.5, 0.6) is 0 Å². The minimum atomic E-state index is 0.473. The molecule has 2 aromatic rings. The summed E-state index contributed by atoms with van der Waals surface area (Å²) in [5, 5.41) is 9.86. The number of benzene rings is 1. The minimum Gasteiger partial charge on any atom is -0.357 e. The van der Waals surface area contributed by atoms with Crippen LogP contribution in [-0.4, -0.2) is 24.0 Å². The fourth-order valence-corrected chi connectivity index (χ4v) is 3.00. The zero-order chi connectivity index (χ0) is 16.5. The summed E-state index contributed by atoms with van der Waals surface area (Å²) in [4.78, 5) is 9.26. The molecule has 23 heavy (non-hydrogen) atoms. The number of aromatic nitrogens is 1. The van der Waals surface area contributed by atoms with E-state index in [0.717, 1.165) is 36.2 Å². The second-order valence-electron chi connectivity index (χ2n) is 5.68. The van der Waals surface area contributed by atoms with Crippen molar-refractivity contribution in [1.82, 2.24) is 15.6 Å². The van der Waals surface area contributed by atoms with Gasteiger partial charge in [-0.25, -0.2) is 9.98 Å². The van der Waals surface area contributed by atoms with E-state index < -0.39 is 0 Å². The van der Waals surface area contributed by atoms with Gasteiger partial charge in [0.15, 0.2) is 5.96 Å². The Bertz CT molecular complexity index is 604. The molecule has 1 aromatic heterocycles. The molecule has 0 aliphatic heterocycles. The summed E-state index contributed by atoms with van der Waals surface area (Å²) >= 11 is 1.68. The topological polar surface area (TPSA) is 49.3 Å². The molecule has 0 atom stereocenters. The Kier molecular flexibility index (Phi) is 7.07. The smallest absolute Gasteiger partial charge is 0.191 e. The summed E-state index contributed by atoms with van der Waals surface area (Å²) < 4.78 is 0. The lowest BCUT2D eigenvalue weighted by atomic mass is 10.1. The van der Waals surface area contributed by atoms with Crippen LogP contribution < -0.4 is 10.6 Å². The SMILES string of the molecule is CCNC(=NCc1nc(C(C)C)cs1)NCCc1ccccc1. The molecule has 124 valence electrons. The Morgan fingerprint density at radius 1 is 1.22 bits per heavy atom. The minimum absolute atomic E-state index is 0.473. The van der Waals surface area contributed by atoms with Gasteiger partial charge in [-0.2, -0.15) is 0 Å². The molecular weight excluding hydrogens is 304 g/mol. The fourth-order valence-electron chi connectivity index (χ4n) is 2.12. The van der Waals surface area contributed by atoms with Crippen LogP contribution in [0.15, 0.2) is 40.7 Å². The molecule has 2 rings (SSSR count). The Morgan fingerprint density at radius 2 is 2.00 bits per heavy atom. The number of thiazole rings is 1. The number of guanidine groups is 1. The van der Waals surface area contributed by atoms with Crippen molar-refractivity contribution in [2.45, 2.75) is 39.7 Å². The van der Waals surface area contributed by atoms with Gasteiger partial charge < -0.3 is 10.6 Å².